The van der Waals surface area contributed by atoms with Crippen LogP contribution in [0.5, 0.6) is 5.75 Å². The van der Waals surface area contributed by atoms with Gasteiger partial charge in [0.2, 0.25) is 0 Å². The summed E-state index contributed by atoms with van der Waals surface area (Å²) in [7, 11) is 2.80. The lowest BCUT2D eigenvalue weighted by molar-refractivity contribution is 0.242. The van der Waals surface area contributed by atoms with E-state index in [1.165, 1.54) is 11.8 Å². The van der Waals surface area contributed by atoms with E-state index in [4.69, 9.17) is 26.7 Å². The van der Waals surface area contributed by atoms with E-state index in [1.54, 1.807) is 19.3 Å². The highest BCUT2D eigenvalue weighted by Crippen LogP contribution is 2.28. The van der Waals surface area contributed by atoms with E-state index in [0.717, 1.165) is 24.2 Å². The molecular formula is C24H31ClN4O3. The van der Waals surface area contributed by atoms with Crippen LogP contribution in [0.2, 0.25) is 5.02 Å². The maximum atomic E-state index is 9.11. The van der Waals surface area contributed by atoms with Gasteiger partial charge in [-0.3, -0.25) is 15.7 Å². The summed E-state index contributed by atoms with van der Waals surface area (Å²) in [5, 5.41) is 19.5. The Kier molecular flexibility index (Phi) is 11.8. The van der Waals surface area contributed by atoms with Crippen LogP contribution in [-0.4, -0.2) is 40.5 Å². The molecule has 1 aromatic carbocycles. The van der Waals surface area contributed by atoms with Gasteiger partial charge in [0.15, 0.2) is 0 Å². The lowest BCUT2D eigenvalue weighted by Gasteiger charge is -2.10. The van der Waals surface area contributed by atoms with Crippen molar-refractivity contribution in [2.24, 2.45) is 0 Å². The first-order chi connectivity index (χ1) is 15.3. The lowest BCUT2D eigenvalue weighted by Crippen LogP contribution is -2.05. The molecule has 0 bridgehead atoms. The molecule has 0 radical (unpaired) electrons. The third-order valence-electron chi connectivity index (χ3n) is 4.02. The van der Waals surface area contributed by atoms with Crippen LogP contribution in [0, 0.1) is 6.92 Å². The highest BCUT2D eigenvalue weighted by atomic mass is 35.5. The number of pyridine rings is 2. The van der Waals surface area contributed by atoms with E-state index >= 15 is 0 Å². The Morgan fingerprint density at radius 2 is 1.72 bits per heavy atom. The smallest absolute Gasteiger partial charge is 0.125 e. The normalized spacial score (nSPS) is 9.66. The van der Waals surface area contributed by atoms with Gasteiger partial charge in [0, 0.05) is 37.7 Å². The second kappa shape index (κ2) is 14.0. The number of nitrogens with one attached hydrogen (secondary N) is 2. The van der Waals surface area contributed by atoms with E-state index in [1.807, 2.05) is 38.1 Å². The number of nitrogens with zero attached hydrogens (tertiary/aromatic N) is 2. The molecule has 4 N–H and O–H groups in total. The van der Waals surface area contributed by atoms with E-state index in [0.29, 0.717) is 22.0 Å². The predicted octanol–water partition coefficient (Wildman–Crippen LogP) is 5.43. The van der Waals surface area contributed by atoms with Crippen molar-refractivity contribution in [3.05, 3.63) is 83.3 Å². The number of ether oxygens (including phenoxy) is 1. The van der Waals surface area contributed by atoms with Crippen LogP contribution in [0.15, 0.2) is 61.4 Å². The van der Waals surface area contributed by atoms with E-state index < -0.39 is 0 Å². The molecule has 3 aromatic rings. The average molecular weight is 459 g/mol. The highest BCUT2D eigenvalue weighted by molar-refractivity contribution is 6.30. The number of hydrogen-bond acceptors (Lipinski definition) is 7. The van der Waals surface area contributed by atoms with Crippen LogP contribution < -0.4 is 15.5 Å². The van der Waals surface area contributed by atoms with Crippen LogP contribution >= 0.6 is 11.6 Å². The molecule has 8 heteroatoms. The zero-order valence-corrected chi connectivity index (χ0v) is 19.8. The minimum atomic E-state index is 0.262. The van der Waals surface area contributed by atoms with Crippen molar-refractivity contribution < 1.29 is 15.1 Å². The number of benzene rings is 1. The summed E-state index contributed by atoms with van der Waals surface area (Å²) in [5.41, 5.74) is 5.70. The second-order valence-corrected chi connectivity index (χ2v) is 7.24. The minimum absolute atomic E-state index is 0.262. The van der Waals surface area contributed by atoms with Gasteiger partial charge in [-0.05, 0) is 51.1 Å². The van der Waals surface area contributed by atoms with Crippen molar-refractivity contribution in [1.29, 1.82) is 0 Å². The summed E-state index contributed by atoms with van der Waals surface area (Å²) in [6.07, 6.45) is 3.45. The second-order valence-electron chi connectivity index (χ2n) is 6.80. The van der Waals surface area contributed by atoms with Crippen LogP contribution in [0.1, 0.15) is 30.7 Å². The molecule has 0 amide bonds. The Balaban J connectivity index is 0.000000335. The van der Waals surface area contributed by atoms with Crippen molar-refractivity contribution in [1.82, 2.24) is 9.97 Å². The molecule has 0 aliphatic carbocycles. The summed E-state index contributed by atoms with van der Waals surface area (Å²) in [5.74, 6) is 1.71. The number of rotatable bonds is 6. The highest BCUT2D eigenvalue weighted by Gasteiger charge is 2.10. The molecular weight excluding hydrogens is 428 g/mol. The number of aliphatic hydroxyl groups excluding tert-OH is 1. The zero-order chi connectivity index (χ0) is 24.1. The van der Waals surface area contributed by atoms with Gasteiger partial charge >= 0.3 is 0 Å². The van der Waals surface area contributed by atoms with E-state index in [-0.39, 0.29) is 6.10 Å². The van der Waals surface area contributed by atoms with Gasteiger partial charge in [-0.25, -0.2) is 4.98 Å². The van der Waals surface area contributed by atoms with Gasteiger partial charge in [0.25, 0.3) is 0 Å². The molecule has 7 nitrogen and oxygen atoms in total. The number of aliphatic hydroxyl groups is 1. The van der Waals surface area contributed by atoms with Gasteiger partial charge in [-0.15, -0.1) is 0 Å². The lowest BCUT2D eigenvalue weighted by atomic mass is 10.0. The molecule has 32 heavy (non-hydrogen) atoms. The number of aryl methyl sites for hydroxylation is 1. The quantitative estimate of drug-likeness (QED) is 0.366. The summed E-state index contributed by atoms with van der Waals surface area (Å²) in [6.45, 7) is 10.1. The molecule has 0 unspecified atom stereocenters. The first-order valence-electron chi connectivity index (χ1n) is 9.91. The Bertz CT molecular complexity index is 962. The molecule has 2 heterocycles. The van der Waals surface area contributed by atoms with Gasteiger partial charge in [0.05, 0.1) is 22.5 Å². The molecule has 0 saturated carbocycles. The van der Waals surface area contributed by atoms with Crippen LogP contribution in [0.3, 0.4) is 0 Å². The number of anilines is 2. The van der Waals surface area contributed by atoms with Crippen molar-refractivity contribution in [3.8, 4) is 5.75 Å². The summed E-state index contributed by atoms with van der Waals surface area (Å²) >= 11 is 5.82. The van der Waals surface area contributed by atoms with Crippen molar-refractivity contribution in [3.63, 3.8) is 0 Å². The van der Waals surface area contributed by atoms with Crippen LogP contribution in [0.25, 0.3) is 5.57 Å². The van der Waals surface area contributed by atoms with Crippen molar-refractivity contribution in [2.45, 2.75) is 26.9 Å². The fourth-order valence-electron chi connectivity index (χ4n) is 2.51. The zero-order valence-electron chi connectivity index (χ0n) is 19.1. The largest absolute Gasteiger partial charge is 0.491 e. The molecule has 0 aliphatic heterocycles. The standard InChI is InChI=1S/C13H13ClN4O.C10H14O.CH4O/c1-8(9-3-4-12(15-2)16-6-9)13-11(18-19)5-10(14)7-17-13;1-8(2)11-10-6-4-9(3)5-7-10;1-2/h3-7,18-19H,1H2,2H3,(H,15,16);4-8H,1-3H3;2H,1H3. The number of hydrogen-bond donors (Lipinski definition) is 4. The minimum Gasteiger partial charge on any atom is -0.491 e. The molecule has 172 valence electrons. The molecule has 0 spiro atoms. The fraction of sp³-hybridized carbons (Fsp3) is 0.250. The molecule has 0 saturated heterocycles. The number of aromatic nitrogens is 2. The Hall–Kier alpha value is -3.13. The third kappa shape index (κ3) is 8.55. The summed E-state index contributed by atoms with van der Waals surface area (Å²) in [6, 6.07) is 13.4. The maximum Gasteiger partial charge on any atom is 0.125 e. The summed E-state index contributed by atoms with van der Waals surface area (Å²) in [4.78, 5) is 8.38. The van der Waals surface area contributed by atoms with Crippen LogP contribution in [0.4, 0.5) is 11.5 Å². The molecule has 0 aliphatic rings. The Morgan fingerprint density at radius 1 is 1.06 bits per heavy atom. The topological polar surface area (TPSA) is 99.5 Å². The first kappa shape index (κ1) is 26.9. The maximum absolute atomic E-state index is 9.11. The molecule has 3 rings (SSSR count). The van der Waals surface area contributed by atoms with Gasteiger partial charge in [0.1, 0.15) is 11.6 Å². The number of halogens is 1. The molecule has 0 atom stereocenters. The van der Waals surface area contributed by atoms with Crippen molar-refractivity contribution in [2.75, 3.05) is 25.0 Å². The van der Waals surface area contributed by atoms with E-state index in [2.05, 4.69) is 46.4 Å². The third-order valence-corrected chi connectivity index (χ3v) is 4.23. The summed E-state index contributed by atoms with van der Waals surface area (Å²) < 4.78 is 5.47. The van der Waals surface area contributed by atoms with Gasteiger partial charge < -0.3 is 15.2 Å². The average Bonchev–Trinajstić information content (AvgIpc) is 2.81. The van der Waals surface area contributed by atoms with E-state index in [9.17, 15) is 0 Å². The SMILES string of the molecule is C=C(c1ccc(NC)nc1)c1ncc(Cl)cc1NO.CO.Cc1ccc(OC(C)C)cc1. The first-order valence-corrected chi connectivity index (χ1v) is 10.3. The Labute approximate surface area is 194 Å². The van der Waals surface area contributed by atoms with Crippen LogP contribution in [-0.2, 0) is 0 Å². The predicted molar refractivity (Wildman–Crippen MR) is 132 cm³/mol. The van der Waals surface area contributed by atoms with Gasteiger partial charge in [-0.2, -0.15) is 0 Å². The molecule has 0 fully saturated rings. The molecule has 2 aromatic heterocycles. The monoisotopic (exact) mass is 458 g/mol. The van der Waals surface area contributed by atoms with Gasteiger partial charge in [-0.1, -0.05) is 35.9 Å². The van der Waals surface area contributed by atoms with Crippen molar-refractivity contribution >= 4 is 28.7 Å². The Morgan fingerprint density at radius 3 is 2.22 bits per heavy atom. The fourth-order valence-corrected chi connectivity index (χ4v) is 2.67.